The molecule has 2 aromatic rings. The van der Waals surface area contributed by atoms with Gasteiger partial charge < -0.3 is 9.52 Å². The Morgan fingerprint density at radius 1 is 1.24 bits per heavy atom. The molecule has 2 heterocycles. The molecule has 0 radical (unpaired) electrons. The zero-order chi connectivity index (χ0) is 12.4. The summed E-state index contributed by atoms with van der Waals surface area (Å²) in [5.74, 6) is -1.92. The number of hydrogen-bond acceptors (Lipinski definition) is 4. The smallest absolute Gasteiger partial charge is 0.371 e. The number of furan rings is 1. The van der Waals surface area contributed by atoms with Gasteiger partial charge in [-0.15, -0.1) is 0 Å². The van der Waals surface area contributed by atoms with Gasteiger partial charge in [-0.1, -0.05) is 0 Å². The molecule has 0 bridgehead atoms. The van der Waals surface area contributed by atoms with Gasteiger partial charge in [-0.05, 0) is 34.1 Å². The number of carbonyl (C=O) groups is 2. The second kappa shape index (κ2) is 4.50. The predicted molar refractivity (Wildman–Crippen MR) is 61.0 cm³/mol. The molecule has 0 fully saturated rings. The second-order valence-corrected chi connectivity index (χ2v) is 4.11. The van der Waals surface area contributed by atoms with E-state index >= 15 is 0 Å². The number of hydrogen-bond donors (Lipinski definition) is 1. The molecule has 17 heavy (non-hydrogen) atoms. The molecule has 0 saturated carbocycles. The number of ketones is 1. The molecule has 0 spiro atoms. The second-order valence-electron chi connectivity index (χ2n) is 3.19. The Bertz CT molecular complexity index is 591. The highest BCUT2D eigenvalue weighted by Crippen LogP contribution is 2.16. The summed E-state index contributed by atoms with van der Waals surface area (Å²) >= 11 is 3.19. The summed E-state index contributed by atoms with van der Waals surface area (Å²) in [4.78, 5) is 26.3. The quantitative estimate of drug-likeness (QED) is 0.879. The molecule has 0 saturated heterocycles. The Labute approximate surface area is 104 Å². The van der Waals surface area contributed by atoms with Crippen molar-refractivity contribution < 1.29 is 19.1 Å². The van der Waals surface area contributed by atoms with E-state index in [9.17, 15) is 9.59 Å². The summed E-state index contributed by atoms with van der Waals surface area (Å²) in [7, 11) is 0. The SMILES string of the molecule is O=C(O)c1ccc(C(=O)c2cncc(Br)c2)o1. The van der Waals surface area contributed by atoms with Crippen LogP contribution in [0, 0.1) is 0 Å². The highest BCUT2D eigenvalue weighted by molar-refractivity contribution is 9.10. The van der Waals surface area contributed by atoms with Crippen LogP contribution in [0.3, 0.4) is 0 Å². The van der Waals surface area contributed by atoms with Gasteiger partial charge >= 0.3 is 5.97 Å². The first kappa shape index (κ1) is 11.5. The van der Waals surface area contributed by atoms with Gasteiger partial charge in [0.15, 0.2) is 5.76 Å². The van der Waals surface area contributed by atoms with Crippen LogP contribution < -0.4 is 0 Å². The summed E-state index contributed by atoms with van der Waals surface area (Å²) in [6.07, 6.45) is 2.93. The molecule has 0 atom stereocenters. The van der Waals surface area contributed by atoms with Crippen LogP contribution in [-0.4, -0.2) is 21.8 Å². The first-order valence-corrected chi connectivity index (χ1v) is 5.35. The molecule has 5 nitrogen and oxygen atoms in total. The molecule has 2 aromatic heterocycles. The molecule has 86 valence electrons. The Morgan fingerprint density at radius 2 is 1.94 bits per heavy atom. The van der Waals surface area contributed by atoms with E-state index in [1.54, 1.807) is 12.3 Å². The summed E-state index contributed by atoms with van der Waals surface area (Å²) < 4.78 is 5.57. The van der Waals surface area contributed by atoms with E-state index in [4.69, 9.17) is 9.52 Å². The average Bonchev–Trinajstić information content (AvgIpc) is 2.77. The van der Waals surface area contributed by atoms with Crippen molar-refractivity contribution in [3.63, 3.8) is 0 Å². The standard InChI is InChI=1S/C11H6BrNO4/c12-7-3-6(4-13-5-7)10(14)8-1-2-9(17-8)11(15)16/h1-5H,(H,15,16). The van der Waals surface area contributed by atoms with Crippen LogP contribution in [0.4, 0.5) is 0 Å². The number of nitrogens with zero attached hydrogens (tertiary/aromatic N) is 1. The topological polar surface area (TPSA) is 80.4 Å². The number of pyridine rings is 1. The lowest BCUT2D eigenvalue weighted by Gasteiger charge is -1.97. The van der Waals surface area contributed by atoms with Crippen molar-refractivity contribution in [3.05, 3.63) is 52.1 Å². The highest BCUT2D eigenvalue weighted by Gasteiger charge is 2.16. The molecule has 0 aliphatic heterocycles. The van der Waals surface area contributed by atoms with Crippen molar-refractivity contribution in [2.75, 3.05) is 0 Å². The van der Waals surface area contributed by atoms with E-state index in [1.807, 2.05) is 0 Å². The first-order chi connectivity index (χ1) is 8.08. The van der Waals surface area contributed by atoms with E-state index in [-0.39, 0.29) is 11.5 Å². The molecule has 0 aliphatic rings. The zero-order valence-electron chi connectivity index (χ0n) is 8.38. The fourth-order valence-corrected chi connectivity index (χ4v) is 1.62. The van der Waals surface area contributed by atoms with Crippen LogP contribution in [0.15, 0.2) is 39.5 Å². The van der Waals surface area contributed by atoms with Gasteiger partial charge in [-0.3, -0.25) is 9.78 Å². The van der Waals surface area contributed by atoms with Crippen LogP contribution >= 0.6 is 15.9 Å². The van der Waals surface area contributed by atoms with E-state index in [0.717, 1.165) is 0 Å². The summed E-state index contributed by atoms with van der Waals surface area (Å²) in [5, 5.41) is 8.67. The lowest BCUT2D eigenvalue weighted by molar-refractivity contribution is 0.0660. The number of carboxylic acid groups (broad SMARTS) is 1. The van der Waals surface area contributed by atoms with Crippen molar-refractivity contribution in [1.29, 1.82) is 0 Å². The van der Waals surface area contributed by atoms with Gasteiger partial charge in [0.25, 0.3) is 0 Å². The average molecular weight is 296 g/mol. The number of aromatic carboxylic acids is 1. The van der Waals surface area contributed by atoms with Crippen LogP contribution in [-0.2, 0) is 0 Å². The number of halogens is 1. The third kappa shape index (κ3) is 2.42. The predicted octanol–water partition coefficient (Wildman–Crippen LogP) is 2.37. The van der Waals surface area contributed by atoms with Gasteiger partial charge in [-0.2, -0.15) is 0 Å². The van der Waals surface area contributed by atoms with Gasteiger partial charge in [-0.25, -0.2) is 4.79 Å². The lowest BCUT2D eigenvalue weighted by Crippen LogP contribution is -2.00. The maximum Gasteiger partial charge on any atom is 0.371 e. The minimum absolute atomic E-state index is 0.0256. The van der Waals surface area contributed by atoms with E-state index in [2.05, 4.69) is 20.9 Å². The van der Waals surface area contributed by atoms with Gasteiger partial charge in [0.05, 0.1) is 0 Å². The first-order valence-electron chi connectivity index (χ1n) is 4.56. The van der Waals surface area contributed by atoms with Gasteiger partial charge in [0.2, 0.25) is 11.5 Å². The van der Waals surface area contributed by atoms with E-state index in [1.165, 1.54) is 18.3 Å². The van der Waals surface area contributed by atoms with Crippen LogP contribution in [0.5, 0.6) is 0 Å². The van der Waals surface area contributed by atoms with Crippen LogP contribution in [0.1, 0.15) is 26.7 Å². The molecular weight excluding hydrogens is 290 g/mol. The Balaban J connectivity index is 2.34. The number of aromatic nitrogens is 1. The fraction of sp³-hybridized carbons (Fsp3) is 0. The molecule has 2 rings (SSSR count). The largest absolute Gasteiger partial charge is 0.475 e. The minimum Gasteiger partial charge on any atom is -0.475 e. The summed E-state index contributed by atoms with van der Waals surface area (Å²) in [6.45, 7) is 0. The third-order valence-corrected chi connectivity index (χ3v) is 2.44. The van der Waals surface area contributed by atoms with Gasteiger partial charge in [0, 0.05) is 22.4 Å². The third-order valence-electron chi connectivity index (χ3n) is 2.01. The summed E-state index contributed by atoms with van der Waals surface area (Å²) in [6, 6.07) is 4.14. The Kier molecular flexibility index (Phi) is 3.06. The van der Waals surface area contributed by atoms with E-state index < -0.39 is 11.8 Å². The van der Waals surface area contributed by atoms with Crippen molar-refractivity contribution in [2.45, 2.75) is 0 Å². The fourth-order valence-electron chi connectivity index (χ4n) is 1.25. The number of carbonyl (C=O) groups excluding carboxylic acids is 1. The van der Waals surface area contributed by atoms with Crippen molar-refractivity contribution in [1.82, 2.24) is 4.98 Å². The van der Waals surface area contributed by atoms with Crippen molar-refractivity contribution >= 4 is 27.7 Å². The normalized spacial score (nSPS) is 10.2. The molecule has 0 amide bonds. The molecule has 6 heteroatoms. The highest BCUT2D eigenvalue weighted by atomic mass is 79.9. The zero-order valence-corrected chi connectivity index (χ0v) is 9.97. The van der Waals surface area contributed by atoms with E-state index in [0.29, 0.717) is 10.0 Å². The molecule has 0 aromatic carbocycles. The molecule has 0 aliphatic carbocycles. The Hall–Kier alpha value is -1.95. The monoisotopic (exact) mass is 295 g/mol. The van der Waals surface area contributed by atoms with Crippen molar-refractivity contribution in [3.8, 4) is 0 Å². The lowest BCUT2D eigenvalue weighted by atomic mass is 10.1. The number of carboxylic acids is 1. The van der Waals surface area contributed by atoms with Crippen molar-refractivity contribution in [2.24, 2.45) is 0 Å². The molecule has 1 N–H and O–H groups in total. The van der Waals surface area contributed by atoms with Crippen LogP contribution in [0.25, 0.3) is 0 Å². The summed E-state index contributed by atoms with van der Waals surface area (Å²) in [5.41, 5.74) is 0.325. The van der Waals surface area contributed by atoms with Crippen LogP contribution in [0.2, 0.25) is 0 Å². The number of rotatable bonds is 3. The minimum atomic E-state index is -1.21. The maximum atomic E-state index is 11.9. The maximum absolute atomic E-state index is 11.9. The Morgan fingerprint density at radius 3 is 2.53 bits per heavy atom. The molecular formula is C11H6BrNO4. The molecule has 0 unspecified atom stereocenters. The van der Waals surface area contributed by atoms with Gasteiger partial charge in [0.1, 0.15) is 0 Å².